The fraction of sp³-hybridized carbons (Fsp3) is 0.600. The van der Waals surface area contributed by atoms with Crippen molar-refractivity contribution in [1.29, 1.82) is 0 Å². The SMILES string of the molecule is Cc1cc(Br)ccc1C(N)C1CCCC(S(C)(=O)=O)C1. The van der Waals surface area contributed by atoms with E-state index in [1.54, 1.807) is 0 Å². The molecule has 0 saturated heterocycles. The Kier molecular flexibility index (Phi) is 4.92. The van der Waals surface area contributed by atoms with Crippen LogP contribution in [0.15, 0.2) is 22.7 Å². The molecule has 0 aromatic heterocycles. The molecule has 1 fully saturated rings. The van der Waals surface area contributed by atoms with Crippen molar-refractivity contribution in [2.75, 3.05) is 6.26 Å². The van der Waals surface area contributed by atoms with Gasteiger partial charge < -0.3 is 5.73 Å². The lowest BCUT2D eigenvalue weighted by molar-refractivity contribution is 0.308. The van der Waals surface area contributed by atoms with Crippen molar-refractivity contribution < 1.29 is 8.42 Å². The van der Waals surface area contributed by atoms with Crippen LogP contribution in [0.4, 0.5) is 0 Å². The van der Waals surface area contributed by atoms with Gasteiger partial charge in [0.1, 0.15) is 9.84 Å². The largest absolute Gasteiger partial charge is 0.324 e. The summed E-state index contributed by atoms with van der Waals surface area (Å²) < 4.78 is 24.6. The maximum Gasteiger partial charge on any atom is 0.150 e. The second kappa shape index (κ2) is 6.16. The molecule has 0 radical (unpaired) electrons. The monoisotopic (exact) mass is 359 g/mol. The van der Waals surface area contributed by atoms with Crippen molar-refractivity contribution in [2.45, 2.75) is 43.9 Å². The molecule has 20 heavy (non-hydrogen) atoms. The standard InChI is InChI=1S/C15H22BrNO2S/c1-10-8-12(16)6-7-14(10)15(17)11-4-3-5-13(9-11)20(2,18)19/h6-8,11,13,15H,3-5,9,17H2,1-2H3. The maximum atomic E-state index is 11.8. The molecule has 1 aliphatic rings. The van der Waals surface area contributed by atoms with Gasteiger partial charge in [0.15, 0.2) is 0 Å². The molecular formula is C15H22BrNO2S. The molecule has 1 aromatic carbocycles. The topological polar surface area (TPSA) is 60.2 Å². The Labute approximate surface area is 130 Å². The van der Waals surface area contributed by atoms with E-state index in [1.807, 2.05) is 12.1 Å². The van der Waals surface area contributed by atoms with Gasteiger partial charge in [0.25, 0.3) is 0 Å². The summed E-state index contributed by atoms with van der Waals surface area (Å²) in [4.78, 5) is 0. The summed E-state index contributed by atoms with van der Waals surface area (Å²) in [5, 5.41) is -0.219. The Morgan fingerprint density at radius 1 is 1.35 bits per heavy atom. The molecule has 0 aliphatic heterocycles. The molecule has 3 atom stereocenters. The third-order valence-electron chi connectivity index (χ3n) is 4.37. The molecule has 0 amide bonds. The lowest BCUT2D eigenvalue weighted by Gasteiger charge is -2.32. The average Bonchev–Trinajstić information content (AvgIpc) is 2.37. The van der Waals surface area contributed by atoms with Gasteiger partial charge in [-0.1, -0.05) is 28.4 Å². The minimum atomic E-state index is -2.95. The van der Waals surface area contributed by atoms with E-state index in [9.17, 15) is 8.42 Å². The van der Waals surface area contributed by atoms with Gasteiger partial charge in [-0.25, -0.2) is 8.42 Å². The minimum absolute atomic E-state index is 0.0763. The Morgan fingerprint density at radius 2 is 2.05 bits per heavy atom. The van der Waals surface area contributed by atoms with E-state index in [0.717, 1.165) is 34.9 Å². The molecule has 2 rings (SSSR count). The summed E-state index contributed by atoms with van der Waals surface area (Å²) in [5.41, 5.74) is 8.71. The highest BCUT2D eigenvalue weighted by Crippen LogP contribution is 2.36. The summed E-state index contributed by atoms with van der Waals surface area (Å²) in [7, 11) is -2.95. The molecule has 3 nitrogen and oxygen atoms in total. The molecule has 112 valence electrons. The Hall–Kier alpha value is -0.390. The number of nitrogens with two attached hydrogens (primary N) is 1. The summed E-state index contributed by atoms with van der Waals surface area (Å²) in [6.45, 7) is 2.05. The minimum Gasteiger partial charge on any atom is -0.324 e. The van der Waals surface area contributed by atoms with Gasteiger partial charge >= 0.3 is 0 Å². The van der Waals surface area contributed by atoms with Crippen LogP contribution >= 0.6 is 15.9 Å². The fourth-order valence-electron chi connectivity index (χ4n) is 3.16. The number of sulfone groups is 1. The summed E-state index contributed by atoms with van der Waals surface area (Å²) in [6, 6.07) is 6.03. The molecule has 0 spiro atoms. The highest BCUT2D eigenvalue weighted by atomic mass is 79.9. The first kappa shape index (κ1) is 16.0. The zero-order valence-electron chi connectivity index (χ0n) is 12.0. The third kappa shape index (κ3) is 3.62. The molecule has 5 heteroatoms. The average molecular weight is 360 g/mol. The number of rotatable bonds is 3. The zero-order chi connectivity index (χ0) is 14.9. The van der Waals surface area contributed by atoms with Gasteiger partial charge in [-0.05, 0) is 55.4 Å². The molecule has 0 bridgehead atoms. The van der Waals surface area contributed by atoms with E-state index >= 15 is 0 Å². The van der Waals surface area contributed by atoms with Crippen molar-refractivity contribution in [3.8, 4) is 0 Å². The predicted octanol–water partition coefficient (Wildman–Crippen LogP) is 3.36. The number of benzene rings is 1. The van der Waals surface area contributed by atoms with E-state index < -0.39 is 9.84 Å². The lowest BCUT2D eigenvalue weighted by Crippen LogP contribution is -2.33. The van der Waals surface area contributed by atoms with Crippen LogP contribution in [0.1, 0.15) is 42.9 Å². The highest BCUT2D eigenvalue weighted by Gasteiger charge is 2.32. The smallest absolute Gasteiger partial charge is 0.150 e. The number of hydrogen-bond donors (Lipinski definition) is 1. The molecule has 0 heterocycles. The van der Waals surface area contributed by atoms with Gasteiger partial charge in [0.05, 0.1) is 5.25 Å². The van der Waals surface area contributed by atoms with Gasteiger partial charge in [-0.15, -0.1) is 0 Å². The van der Waals surface area contributed by atoms with E-state index in [2.05, 4.69) is 28.9 Å². The predicted molar refractivity (Wildman–Crippen MR) is 86.4 cm³/mol. The zero-order valence-corrected chi connectivity index (χ0v) is 14.4. The molecule has 2 N–H and O–H groups in total. The molecular weight excluding hydrogens is 338 g/mol. The summed E-state index contributed by atoms with van der Waals surface area (Å²) in [6.07, 6.45) is 4.78. The van der Waals surface area contributed by atoms with Crippen molar-refractivity contribution in [3.05, 3.63) is 33.8 Å². The van der Waals surface area contributed by atoms with Crippen LogP contribution in [0.3, 0.4) is 0 Å². The van der Waals surface area contributed by atoms with Gasteiger partial charge in [-0.3, -0.25) is 0 Å². The third-order valence-corrected chi connectivity index (χ3v) is 6.50. The van der Waals surface area contributed by atoms with Crippen LogP contribution in [-0.2, 0) is 9.84 Å². The van der Waals surface area contributed by atoms with Crippen LogP contribution < -0.4 is 5.73 Å². The van der Waals surface area contributed by atoms with E-state index in [-0.39, 0.29) is 17.2 Å². The van der Waals surface area contributed by atoms with E-state index in [1.165, 1.54) is 6.26 Å². The Bertz CT molecular complexity index is 586. The second-order valence-electron chi connectivity index (χ2n) is 5.90. The first-order valence-electron chi connectivity index (χ1n) is 6.99. The van der Waals surface area contributed by atoms with Crippen molar-refractivity contribution in [3.63, 3.8) is 0 Å². The van der Waals surface area contributed by atoms with Gasteiger partial charge in [0, 0.05) is 16.8 Å². The number of aryl methyl sites for hydroxylation is 1. The fourth-order valence-corrected chi connectivity index (χ4v) is 4.83. The highest BCUT2D eigenvalue weighted by molar-refractivity contribution is 9.10. The molecule has 1 aromatic rings. The van der Waals surface area contributed by atoms with Crippen molar-refractivity contribution in [1.82, 2.24) is 0 Å². The van der Waals surface area contributed by atoms with Crippen molar-refractivity contribution in [2.24, 2.45) is 11.7 Å². The summed E-state index contributed by atoms with van der Waals surface area (Å²) >= 11 is 3.46. The normalized spacial score (nSPS) is 25.4. The van der Waals surface area contributed by atoms with E-state index in [4.69, 9.17) is 5.73 Å². The lowest BCUT2D eigenvalue weighted by atomic mass is 9.80. The Balaban J connectivity index is 2.18. The second-order valence-corrected chi connectivity index (χ2v) is 9.15. The number of halogens is 1. The van der Waals surface area contributed by atoms with Gasteiger partial charge in [-0.2, -0.15) is 0 Å². The van der Waals surface area contributed by atoms with E-state index in [0.29, 0.717) is 6.42 Å². The summed E-state index contributed by atoms with van der Waals surface area (Å²) in [5.74, 6) is 0.253. The van der Waals surface area contributed by atoms with Crippen LogP contribution in [0.5, 0.6) is 0 Å². The van der Waals surface area contributed by atoms with Gasteiger partial charge in [0.2, 0.25) is 0 Å². The van der Waals surface area contributed by atoms with Crippen LogP contribution in [0, 0.1) is 12.8 Å². The number of hydrogen-bond acceptors (Lipinski definition) is 3. The first-order valence-corrected chi connectivity index (χ1v) is 9.74. The molecule has 3 unspecified atom stereocenters. The van der Waals surface area contributed by atoms with Crippen LogP contribution in [0.25, 0.3) is 0 Å². The molecule has 1 saturated carbocycles. The van der Waals surface area contributed by atoms with Crippen molar-refractivity contribution >= 4 is 25.8 Å². The molecule has 1 aliphatic carbocycles. The van der Waals surface area contributed by atoms with Crippen LogP contribution in [0.2, 0.25) is 0 Å². The Morgan fingerprint density at radius 3 is 2.65 bits per heavy atom. The quantitative estimate of drug-likeness (QED) is 0.899. The first-order chi connectivity index (χ1) is 9.29. The maximum absolute atomic E-state index is 11.8. The van der Waals surface area contributed by atoms with Crippen LogP contribution in [-0.4, -0.2) is 19.9 Å².